The maximum absolute atomic E-state index is 12.1. The highest BCUT2D eigenvalue weighted by Gasteiger charge is 2.34. The Morgan fingerprint density at radius 2 is 2.24 bits per heavy atom. The summed E-state index contributed by atoms with van der Waals surface area (Å²) in [6, 6.07) is 0. The predicted octanol–water partition coefficient (Wildman–Crippen LogP) is 1.48. The number of esters is 2. The molecule has 21 heavy (non-hydrogen) atoms. The Labute approximate surface area is 126 Å². The van der Waals surface area contributed by atoms with Gasteiger partial charge in [-0.3, -0.25) is 14.9 Å². The lowest BCUT2D eigenvalue weighted by Crippen LogP contribution is -2.37. The molecular formula is C15H27NO5. The largest absolute Gasteiger partial charge is 0.465 e. The third kappa shape index (κ3) is 5.63. The number of ether oxygens (including phenoxy) is 3. The minimum atomic E-state index is -0.641. The predicted molar refractivity (Wildman–Crippen MR) is 77.5 cm³/mol. The minimum absolute atomic E-state index is 0.0789. The lowest BCUT2D eigenvalue weighted by Gasteiger charge is -2.26. The SMILES string of the molecule is CCC(C)(COC(C)C)C(=O)OCNCC1CCOC1=O. The van der Waals surface area contributed by atoms with E-state index in [4.69, 9.17) is 14.2 Å². The van der Waals surface area contributed by atoms with Gasteiger partial charge in [0, 0.05) is 6.54 Å². The summed E-state index contributed by atoms with van der Waals surface area (Å²) in [6.45, 7) is 9.03. The number of carbonyl (C=O) groups is 2. The van der Waals surface area contributed by atoms with Crippen molar-refractivity contribution >= 4 is 11.9 Å². The second kappa shape index (κ2) is 8.34. The van der Waals surface area contributed by atoms with Crippen molar-refractivity contribution in [3.05, 3.63) is 0 Å². The van der Waals surface area contributed by atoms with Crippen LogP contribution in [0.25, 0.3) is 0 Å². The topological polar surface area (TPSA) is 73.9 Å². The molecule has 1 aliphatic heterocycles. The van der Waals surface area contributed by atoms with Gasteiger partial charge < -0.3 is 14.2 Å². The number of carbonyl (C=O) groups excluding carboxylic acids is 2. The average molecular weight is 301 g/mol. The van der Waals surface area contributed by atoms with Crippen molar-refractivity contribution in [3.63, 3.8) is 0 Å². The molecule has 1 rings (SSSR count). The highest BCUT2D eigenvalue weighted by Crippen LogP contribution is 2.24. The summed E-state index contributed by atoms with van der Waals surface area (Å²) in [5.41, 5.74) is -0.641. The minimum Gasteiger partial charge on any atom is -0.465 e. The van der Waals surface area contributed by atoms with Crippen molar-refractivity contribution in [2.24, 2.45) is 11.3 Å². The monoisotopic (exact) mass is 301 g/mol. The molecule has 0 bridgehead atoms. The van der Waals surface area contributed by atoms with E-state index in [-0.39, 0.29) is 30.7 Å². The Bertz CT molecular complexity index is 358. The molecule has 1 heterocycles. The Kier molecular flexibility index (Phi) is 7.11. The maximum atomic E-state index is 12.1. The maximum Gasteiger partial charge on any atom is 0.315 e. The van der Waals surface area contributed by atoms with Gasteiger partial charge in [0.15, 0.2) is 0 Å². The van der Waals surface area contributed by atoms with Crippen LogP contribution < -0.4 is 5.32 Å². The molecule has 0 aliphatic carbocycles. The van der Waals surface area contributed by atoms with Gasteiger partial charge in [-0.2, -0.15) is 0 Å². The van der Waals surface area contributed by atoms with Gasteiger partial charge in [-0.05, 0) is 33.6 Å². The van der Waals surface area contributed by atoms with Crippen LogP contribution in [0.5, 0.6) is 0 Å². The van der Waals surface area contributed by atoms with Gasteiger partial charge in [-0.15, -0.1) is 0 Å². The van der Waals surface area contributed by atoms with Crippen LogP contribution in [0.1, 0.15) is 40.5 Å². The smallest absolute Gasteiger partial charge is 0.315 e. The molecule has 1 N–H and O–H groups in total. The van der Waals surface area contributed by atoms with Crippen LogP contribution in [0.15, 0.2) is 0 Å². The summed E-state index contributed by atoms with van der Waals surface area (Å²) in [7, 11) is 0. The van der Waals surface area contributed by atoms with Gasteiger partial charge in [0.1, 0.15) is 6.73 Å². The first kappa shape index (κ1) is 17.9. The van der Waals surface area contributed by atoms with Crippen LogP contribution in [-0.4, -0.2) is 44.5 Å². The normalized spacial score (nSPS) is 21.2. The second-order valence-electron chi connectivity index (χ2n) is 5.96. The van der Waals surface area contributed by atoms with Crippen molar-refractivity contribution in [1.29, 1.82) is 0 Å². The van der Waals surface area contributed by atoms with Crippen LogP contribution in [-0.2, 0) is 23.8 Å². The summed E-state index contributed by atoms with van der Waals surface area (Å²) >= 11 is 0. The van der Waals surface area contributed by atoms with Gasteiger partial charge in [0.05, 0.1) is 30.7 Å². The third-order valence-electron chi connectivity index (χ3n) is 3.75. The molecule has 0 amide bonds. The Hall–Kier alpha value is -1.14. The number of cyclic esters (lactones) is 1. The summed E-state index contributed by atoms with van der Waals surface area (Å²) < 4.78 is 15.6. The summed E-state index contributed by atoms with van der Waals surface area (Å²) in [4.78, 5) is 23.4. The van der Waals surface area contributed by atoms with Gasteiger partial charge >= 0.3 is 11.9 Å². The zero-order valence-corrected chi connectivity index (χ0v) is 13.4. The van der Waals surface area contributed by atoms with Crippen LogP contribution in [0.2, 0.25) is 0 Å². The molecule has 0 aromatic heterocycles. The molecule has 6 nitrogen and oxygen atoms in total. The van der Waals surface area contributed by atoms with E-state index in [0.717, 1.165) is 0 Å². The molecule has 1 aliphatic rings. The van der Waals surface area contributed by atoms with Crippen molar-refractivity contribution in [2.45, 2.75) is 46.6 Å². The highest BCUT2D eigenvalue weighted by molar-refractivity contribution is 5.76. The third-order valence-corrected chi connectivity index (χ3v) is 3.75. The molecule has 122 valence electrons. The quantitative estimate of drug-likeness (QED) is 0.395. The van der Waals surface area contributed by atoms with Crippen LogP contribution in [0, 0.1) is 11.3 Å². The number of hydrogen-bond donors (Lipinski definition) is 1. The molecule has 1 saturated heterocycles. The second-order valence-corrected chi connectivity index (χ2v) is 5.96. The van der Waals surface area contributed by atoms with E-state index in [2.05, 4.69) is 5.32 Å². The Balaban J connectivity index is 2.28. The summed E-state index contributed by atoms with van der Waals surface area (Å²) in [5.74, 6) is -0.602. The van der Waals surface area contributed by atoms with Crippen LogP contribution >= 0.6 is 0 Å². The zero-order chi connectivity index (χ0) is 15.9. The molecular weight excluding hydrogens is 274 g/mol. The van der Waals surface area contributed by atoms with Crippen molar-refractivity contribution in [1.82, 2.24) is 5.32 Å². The first-order chi connectivity index (χ1) is 9.89. The first-order valence-corrected chi connectivity index (χ1v) is 7.55. The molecule has 2 unspecified atom stereocenters. The van der Waals surface area contributed by atoms with E-state index < -0.39 is 5.41 Å². The molecule has 2 atom stereocenters. The molecule has 0 saturated carbocycles. The fraction of sp³-hybridized carbons (Fsp3) is 0.867. The highest BCUT2D eigenvalue weighted by atomic mass is 16.6. The first-order valence-electron chi connectivity index (χ1n) is 7.55. The van der Waals surface area contributed by atoms with E-state index in [0.29, 0.717) is 32.6 Å². The Morgan fingerprint density at radius 1 is 1.52 bits per heavy atom. The van der Waals surface area contributed by atoms with Crippen molar-refractivity contribution in [2.75, 3.05) is 26.5 Å². The van der Waals surface area contributed by atoms with Gasteiger partial charge in [-0.25, -0.2) is 0 Å². The fourth-order valence-corrected chi connectivity index (χ4v) is 1.90. The summed E-state index contributed by atoms with van der Waals surface area (Å²) in [6.07, 6.45) is 1.44. The average Bonchev–Trinajstić information content (AvgIpc) is 2.86. The van der Waals surface area contributed by atoms with E-state index in [1.165, 1.54) is 0 Å². The van der Waals surface area contributed by atoms with Crippen molar-refractivity contribution in [3.8, 4) is 0 Å². The molecule has 0 aromatic rings. The number of rotatable bonds is 9. The number of nitrogens with one attached hydrogen (secondary N) is 1. The van der Waals surface area contributed by atoms with Gasteiger partial charge in [-0.1, -0.05) is 6.92 Å². The van der Waals surface area contributed by atoms with Gasteiger partial charge in [0.25, 0.3) is 0 Å². The van der Waals surface area contributed by atoms with E-state index in [1.54, 1.807) is 0 Å². The van der Waals surface area contributed by atoms with E-state index in [1.807, 2.05) is 27.7 Å². The molecule has 1 fully saturated rings. The standard InChI is InChI=1S/C15H27NO5/c1-5-15(4,9-20-11(2)3)14(18)21-10-16-8-12-6-7-19-13(12)17/h11-12,16H,5-10H2,1-4H3. The van der Waals surface area contributed by atoms with E-state index >= 15 is 0 Å². The Morgan fingerprint density at radius 3 is 2.76 bits per heavy atom. The lowest BCUT2D eigenvalue weighted by atomic mass is 9.89. The van der Waals surface area contributed by atoms with Crippen molar-refractivity contribution < 1.29 is 23.8 Å². The van der Waals surface area contributed by atoms with E-state index in [9.17, 15) is 9.59 Å². The molecule has 0 spiro atoms. The zero-order valence-electron chi connectivity index (χ0n) is 13.4. The molecule has 6 heteroatoms. The summed E-state index contributed by atoms with van der Waals surface area (Å²) in [5, 5.41) is 2.97. The lowest BCUT2D eigenvalue weighted by molar-refractivity contribution is -0.160. The fourth-order valence-electron chi connectivity index (χ4n) is 1.90. The van der Waals surface area contributed by atoms with Crippen LogP contribution in [0.3, 0.4) is 0 Å². The molecule has 0 aromatic carbocycles. The van der Waals surface area contributed by atoms with Gasteiger partial charge in [0.2, 0.25) is 0 Å². The number of hydrogen-bond acceptors (Lipinski definition) is 6. The van der Waals surface area contributed by atoms with Crippen LogP contribution in [0.4, 0.5) is 0 Å². The molecule has 0 radical (unpaired) electrons.